The fraction of sp³-hybridized carbons (Fsp3) is 0.800. The monoisotopic (exact) mass is 260 g/mol. The maximum Gasteiger partial charge on any atom is 0.0565 e. The van der Waals surface area contributed by atoms with Gasteiger partial charge in [-0.25, -0.2) is 0 Å². The van der Waals surface area contributed by atoms with Crippen LogP contribution >= 0.6 is 0 Å². The molecule has 0 radical (unpaired) electrons. The summed E-state index contributed by atoms with van der Waals surface area (Å²) < 4.78 is 2.12. The first-order valence-electron chi connectivity index (χ1n) is 7.84. The maximum atomic E-state index is 4.40. The van der Waals surface area contributed by atoms with Gasteiger partial charge in [0.15, 0.2) is 0 Å². The van der Waals surface area contributed by atoms with Gasteiger partial charge in [0.25, 0.3) is 0 Å². The Balaban J connectivity index is 1.50. The number of likely N-dealkylation sites (tertiary alicyclic amines) is 1. The zero-order valence-corrected chi connectivity index (χ0v) is 11.5. The van der Waals surface area contributed by atoms with Gasteiger partial charge in [0.05, 0.1) is 6.54 Å². The van der Waals surface area contributed by atoms with Crippen LogP contribution in [0.1, 0.15) is 25.7 Å². The van der Waals surface area contributed by atoms with Gasteiger partial charge in [0.2, 0.25) is 0 Å². The second-order valence-corrected chi connectivity index (χ2v) is 6.58. The first-order chi connectivity index (χ1) is 9.40. The first-order valence-corrected chi connectivity index (χ1v) is 7.84. The van der Waals surface area contributed by atoms with Crippen LogP contribution < -0.4 is 5.32 Å². The third kappa shape index (κ3) is 2.43. The van der Waals surface area contributed by atoms with Crippen molar-refractivity contribution in [2.45, 2.75) is 44.3 Å². The summed E-state index contributed by atoms with van der Waals surface area (Å²) in [7, 11) is 0. The van der Waals surface area contributed by atoms with Crippen molar-refractivity contribution in [2.24, 2.45) is 11.8 Å². The van der Waals surface area contributed by atoms with Gasteiger partial charge >= 0.3 is 0 Å². The SMILES string of the molecule is c1cnn(C[C@@H]2C[C@@H]3CNCC[C@@H]3N2CC2CC2)c1. The van der Waals surface area contributed by atoms with E-state index < -0.39 is 0 Å². The summed E-state index contributed by atoms with van der Waals surface area (Å²) in [5, 5.41) is 7.98. The molecule has 1 aliphatic carbocycles. The predicted molar refractivity (Wildman–Crippen MR) is 74.8 cm³/mol. The molecule has 0 amide bonds. The summed E-state index contributed by atoms with van der Waals surface area (Å²) in [6.07, 6.45) is 9.61. The van der Waals surface area contributed by atoms with E-state index in [1.165, 1.54) is 45.3 Å². The van der Waals surface area contributed by atoms with E-state index in [1.807, 2.05) is 12.3 Å². The van der Waals surface area contributed by atoms with Gasteiger partial charge in [-0.2, -0.15) is 5.10 Å². The van der Waals surface area contributed by atoms with E-state index in [0.717, 1.165) is 24.4 Å². The number of hydrogen-bond acceptors (Lipinski definition) is 3. The molecule has 3 heterocycles. The second-order valence-electron chi connectivity index (χ2n) is 6.58. The topological polar surface area (TPSA) is 33.1 Å². The van der Waals surface area contributed by atoms with Crippen LogP contribution in [0.25, 0.3) is 0 Å². The highest BCUT2D eigenvalue weighted by Crippen LogP contribution is 2.38. The molecule has 4 heteroatoms. The van der Waals surface area contributed by atoms with Crippen LogP contribution in [0.3, 0.4) is 0 Å². The molecule has 19 heavy (non-hydrogen) atoms. The highest BCUT2D eigenvalue weighted by Gasteiger charge is 2.43. The van der Waals surface area contributed by atoms with E-state index in [1.54, 1.807) is 0 Å². The van der Waals surface area contributed by atoms with Gasteiger partial charge in [-0.1, -0.05) is 0 Å². The number of piperidine rings is 1. The molecule has 2 saturated heterocycles. The molecule has 104 valence electrons. The van der Waals surface area contributed by atoms with Gasteiger partial charge in [-0.15, -0.1) is 0 Å². The molecule has 1 N–H and O–H groups in total. The number of rotatable bonds is 4. The van der Waals surface area contributed by atoms with Crippen molar-refractivity contribution < 1.29 is 0 Å². The average Bonchev–Trinajstić information content (AvgIpc) is 2.98. The number of fused-ring (bicyclic) bond motifs is 1. The highest BCUT2D eigenvalue weighted by atomic mass is 15.3. The molecule has 0 bridgehead atoms. The van der Waals surface area contributed by atoms with E-state index in [9.17, 15) is 0 Å². The van der Waals surface area contributed by atoms with Crippen LogP contribution in [-0.2, 0) is 6.54 Å². The summed E-state index contributed by atoms with van der Waals surface area (Å²) in [6.45, 7) is 4.85. The number of nitrogens with zero attached hydrogens (tertiary/aromatic N) is 3. The molecule has 1 saturated carbocycles. The normalized spacial score (nSPS) is 35.5. The molecule has 4 nitrogen and oxygen atoms in total. The molecule has 0 aromatic carbocycles. The lowest BCUT2D eigenvalue weighted by Gasteiger charge is -2.34. The van der Waals surface area contributed by atoms with E-state index >= 15 is 0 Å². The van der Waals surface area contributed by atoms with Crippen LogP contribution in [0.4, 0.5) is 0 Å². The van der Waals surface area contributed by atoms with Crippen LogP contribution in [0, 0.1) is 11.8 Å². The van der Waals surface area contributed by atoms with Gasteiger partial charge in [-0.05, 0) is 56.7 Å². The Kier molecular flexibility index (Phi) is 3.08. The summed E-state index contributed by atoms with van der Waals surface area (Å²) in [5.41, 5.74) is 0. The second kappa shape index (κ2) is 4.91. The molecular weight excluding hydrogens is 236 g/mol. The Morgan fingerprint density at radius 3 is 2.95 bits per heavy atom. The highest BCUT2D eigenvalue weighted by molar-refractivity contribution is 4.99. The van der Waals surface area contributed by atoms with Gasteiger partial charge in [0.1, 0.15) is 0 Å². The minimum atomic E-state index is 0.704. The number of aromatic nitrogens is 2. The fourth-order valence-corrected chi connectivity index (χ4v) is 4.03. The van der Waals surface area contributed by atoms with E-state index in [2.05, 4.69) is 26.2 Å². The Hall–Kier alpha value is -0.870. The summed E-state index contributed by atoms with van der Waals surface area (Å²) in [5.74, 6) is 1.86. The Morgan fingerprint density at radius 2 is 2.16 bits per heavy atom. The molecular formula is C15H24N4. The minimum absolute atomic E-state index is 0.704. The third-order valence-corrected chi connectivity index (χ3v) is 5.16. The molecule has 2 aliphatic heterocycles. The van der Waals surface area contributed by atoms with Crippen molar-refractivity contribution in [1.82, 2.24) is 20.0 Å². The maximum absolute atomic E-state index is 4.40. The van der Waals surface area contributed by atoms with Gasteiger partial charge in [0, 0.05) is 31.0 Å². The van der Waals surface area contributed by atoms with Crippen LogP contribution in [0.15, 0.2) is 18.5 Å². The smallest absolute Gasteiger partial charge is 0.0565 e. The standard InChI is InChI=1S/C15H24N4/c1-5-17-18(7-1)11-14-8-13-9-16-6-4-15(13)19(14)10-12-2-3-12/h1,5,7,12-16H,2-4,6,8-11H2/t13-,14+,15+/m1/s1. The molecule has 1 aromatic rings. The molecule has 1 aromatic heterocycles. The van der Waals surface area contributed by atoms with Crippen molar-refractivity contribution in [1.29, 1.82) is 0 Å². The summed E-state index contributed by atoms with van der Waals surface area (Å²) in [6, 6.07) is 3.58. The van der Waals surface area contributed by atoms with Crippen molar-refractivity contribution in [3.05, 3.63) is 18.5 Å². The average molecular weight is 260 g/mol. The number of hydrogen-bond donors (Lipinski definition) is 1. The first kappa shape index (κ1) is 11.9. The van der Waals surface area contributed by atoms with E-state index in [-0.39, 0.29) is 0 Å². The predicted octanol–water partition coefficient (Wildman–Crippen LogP) is 1.35. The third-order valence-electron chi connectivity index (χ3n) is 5.16. The molecule has 0 unspecified atom stereocenters. The van der Waals surface area contributed by atoms with Crippen molar-refractivity contribution in [3.8, 4) is 0 Å². The summed E-state index contributed by atoms with van der Waals surface area (Å²) in [4.78, 5) is 2.84. The zero-order chi connectivity index (χ0) is 12.7. The Labute approximate surface area is 115 Å². The van der Waals surface area contributed by atoms with Crippen molar-refractivity contribution in [3.63, 3.8) is 0 Å². The minimum Gasteiger partial charge on any atom is -0.316 e. The van der Waals surface area contributed by atoms with Gasteiger partial charge in [-0.3, -0.25) is 9.58 Å². The molecule has 3 fully saturated rings. The summed E-state index contributed by atoms with van der Waals surface area (Å²) >= 11 is 0. The molecule has 0 spiro atoms. The van der Waals surface area contributed by atoms with Crippen LogP contribution in [0.5, 0.6) is 0 Å². The Bertz CT molecular complexity index is 412. The lowest BCUT2D eigenvalue weighted by Crippen LogP contribution is -2.46. The fourth-order valence-electron chi connectivity index (χ4n) is 4.03. The van der Waals surface area contributed by atoms with Crippen molar-refractivity contribution >= 4 is 0 Å². The van der Waals surface area contributed by atoms with E-state index in [0.29, 0.717) is 6.04 Å². The van der Waals surface area contributed by atoms with Gasteiger partial charge < -0.3 is 5.32 Å². The van der Waals surface area contributed by atoms with E-state index in [4.69, 9.17) is 0 Å². The molecule has 4 rings (SSSR count). The van der Waals surface area contributed by atoms with Crippen molar-refractivity contribution in [2.75, 3.05) is 19.6 Å². The lowest BCUT2D eigenvalue weighted by atomic mass is 9.93. The quantitative estimate of drug-likeness (QED) is 0.887. The Morgan fingerprint density at radius 1 is 1.21 bits per heavy atom. The zero-order valence-electron chi connectivity index (χ0n) is 11.5. The van der Waals surface area contributed by atoms with Crippen LogP contribution in [0.2, 0.25) is 0 Å². The largest absolute Gasteiger partial charge is 0.316 e. The molecule has 3 aliphatic rings. The van der Waals surface area contributed by atoms with Crippen LogP contribution in [-0.4, -0.2) is 46.4 Å². The molecule has 3 atom stereocenters. The lowest BCUT2D eigenvalue weighted by molar-refractivity contribution is 0.139. The number of nitrogens with one attached hydrogen (secondary N) is 1.